The Morgan fingerprint density at radius 2 is 1.12 bits per heavy atom. The Morgan fingerprint density at radius 1 is 0.676 bits per heavy atom. The molecule has 0 unspecified atom stereocenters. The molecule has 0 aliphatic heterocycles. The molecule has 0 fully saturated rings. The molecule has 0 radical (unpaired) electrons. The molecular weight excluding hydrogens is 439 g/mol. The predicted molar refractivity (Wildman–Crippen MR) is 142 cm³/mol. The molecule has 34 heavy (non-hydrogen) atoms. The molecule has 4 aromatic carbocycles. The van der Waals surface area contributed by atoms with Crippen LogP contribution in [0, 0.1) is 0 Å². The van der Waals surface area contributed by atoms with Crippen molar-refractivity contribution < 1.29 is 14.3 Å². The minimum absolute atomic E-state index is 0.410. The molecule has 4 heteroatoms. The van der Waals surface area contributed by atoms with Crippen molar-refractivity contribution in [2.45, 2.75) is 6.16 Å². The molecule has 0 aliphatic rings. The van der Waals surface area contributed by atoms with Crippen molar-refractivity contribution in [1.82, 2.24) is 0 Å². The molecule has 0 saturated carbocycles. The average molecular weight is 468 g/mol. The topological polar surface area (TPSA) is 35.5 Å². The summed E-state index contributed by atoms with van der Waals surface area (Å²) in [6.07, 6.45) is 2.22. The Kier molecular flexibility index (Phi) is 7.57. The van der Waals surface area contributed by atoms with Crippen LogP contribution in [0.4, 0.5) is 0 Å². The average Bonchev–Trinajstić information content (AvgIpc) is 2.92. The standard InChI is InChI=1S/C30H28O3P/c1-32-22-29(30(31)33-2)28-21-13-12-14-24(28)23-34(25-15-6-3-7-16-25,26-17-8-4-9-18-26)27-19-10-5-11-20-27/h3-22H,23H2,1-2H3/q+1. The van der Waals surface area contributed by atoms with Crippen LogP contribution in [0.15, 0.2) is 122 Å². The van der Waals surface area contributed by atoms with E-state index in [2.05, 4.69) is 97.1 Å². The van der Waals surface area contributed by atoms with Crippen LogP contribution in [0.25, 0.3) is 5.57 Å². The van der Waals surface area contributed by atoms with Crippen molar-refractivity contribution in [3.8, 4) is 0 Å². The number of carbonyl (C=O) groups is 1. The normalized spacial score (nSPS) is 11.6. The van der Waals surface area contributed by atoms with Crippen molar-refractivity contribution in [2.75, 3.05) is 14.2 Å². The van der Waals surface area contributed by atoms with Gasteiger partial charge in [0.15, 0.2) is 0 Å². The molecule has 0 saturated heterocycles. The second kappa shape index (κ2) is 11.0. The van der Waals surface area contributed by atoms with Gasteiger partial charge in [-0.05, 0) is 47.5 Å². The van der Waals surface area contributed by atoms with Crippen molar-refractivity contribution in [2.24, 2.45) is 0 Å². The van der Waals surface area contributed by atoms with Crippen LogP contribution in [0.1, 0.15) is 11.1 Å². The van der Waals surface area contributed by atoms with Gasteiger partial charge in [-0.2, -0.15) is 0 Å². The number of hydrogen-bond acceptors (Lipinski definition) is 3. The summed E-state index contributed by atoms with van der Waals surface area (Å²) in [4.78, 5) is 12.7. The number of hydrogen-bond donors (Lipinski definition) is 0. The van der Waals surface area contributed by atoms with Gasteiger partial charge < -0.3 is 9.47 Å². The number of esters is 1. The van der Waals surface area contributed by atoms with Crippen LogP contribution in [-0.4, -0.2) is 20.2 Å². The summed E-state index contributed by atoms with van der Waals surface area (Å²) in [6, 6.07) is 40.2. The van der Waals surface area contributed by atoms with Crippen molar-refractivity contribution in [1.29, 1.82) is 0 Å². The Labute approximate surface area is 202 Å². The van der Waals surface area contributed by atoms with Crippen molar-refractivity contribution in [3.05, 3.63) is 133 Å². The zero-order chi connectivity index (χ0) is 23.8. The number of ether oxygens (including phenoxy) is 2. The first-order chi connectivity index (χ1) is 16.7. The lowest BCUT2D eigenvalue weighted by Gasteiger charge is -2.28. The van der Waals surface area contributed by atoms with Gasteiger partial charge in [0.25, 0.3) is 0 Å². The number of benzene rings is 4. The predicted octanol–water partition coefficient (Wildman–Crippen LogP) is 5.34. The molecule has 170 valence electrons. The van der Waals surface area contributed by atoms with E-state index in [1.54, 1.807) is 7.11 Å². The van der Waals surface area contributed by atoms with Crippen LogP contribution < -0.4 is 15.9 Å². The lowest BCUT2D eigenvalue weighted by Crippen LogP contribution is -2.32. The summed E-state index contributed by atoms with van der Waals surface area (Å²) in [5.41, 5.74) is 2.30. The molecule has 0 atom stereocenters. The molecule has 0 heterocycles. The van der Waals surface area contributed by atoms with Gasteiger partial charge in [-0.1, -0.05) is 78.9 Å². The third kappa shape index (κ3) is 4.66. The first-order valence-corrected chi connectivity index (χ1v) is 13.1. The maximum atomic E-state index is 12.7. The van der Waals surface area contributed by atoms with Gasteiger partial charge >= 0.3 is 5.97 Å². The van der Waals surface area contributed by atoms with Crippen LogP contribution in [0.3, 0.4) is 0 Å². The maximum absolute atomic E-state index is 12.7. The van der Waals surface area contributed by atoms with E-state index in [0.717, 1.165) is 17.3 Å². The zero-order valence-corrected chi connectivity index (χ0v) is 20.3. The fraction of sp³-hybridized carbons (Fsp3) is 0.100. The van der Waals surface area contributed by atoms with Crippen molar-refractivity contribution >= 4 is 34.7 Å². The van der Waals surface area contributed by atoms with Gasteiger partial charge in [-0.15, -0.1) is 0 Å². The molecule has 4 rings (SSSR count). The largest absolute Gasteiger partial charge is 0.503 e. The molecule has 4 aromatic rings. The fourth-order valence-electron chi connectivity index (χ4n) is 4.39. The van der Waals surface area contributed by atoms with Crippen LogP contribution in [0.2, 0.25) is 0 Å². The third-order valence-corrected chi connectivity index (χ3v) is 10.3. The summed E-state index contributed by atoms with van der Waals surface area (Å²) in [5.74, 6) is -0.419. The summed E-state index contributed by atoms with van der Waals surface area (Å²) < 4.78 is 10.3. The molecule has 0 amide bonds. The molecule has 0 aromatic heterocycles. The maximum Gasteiger partial charge on any atom is 0.341 e. The van der Waals surface area contributed by atoms with Gasteiger partial charge in [0.05, 0.1) is 26.6 Å². The molecule has 0 aliphatic carbocycles. The molecule has 3 nitrogen and oxygen atoms in total. The highest BCUT2D eigenvalue weighted by Gasteiger charge is 2.46. The Balaban J connectivity index is 2.00. The van der Waals surface area contributed by atoms with Gasteiger partial charge in [0.1, 0.15) is 28.7 Å². The highest BCUT2D eigenvalue weighted by atomic mass is 31.2. The molecule has 0 spiro atoms. The minimum Gasteiger partial charge on any atom is -0.503 e. The smallest absolute Gasteiger partial charge is 0.341 e. The molecule has 0 N–H and O–H groups in total. The Hall–Kier alpha value is -3.68. The number of carbonyl (C=O) groups excluding carboxylic acids is 1. The highest BCUT2D eigenvalue weighted by Crippen LogP contribution is 2.58. The van der Waals surface area contributed by atoms with Gasteiger partial charge in [-0.3, -0.25) is 0 Å². The number of methoxy groups -OCH3 is 2. The summed E-state index contributed by atoms with van der Waals surface area (Å²) in [5, 5.41) is 3.87. The van der Waals surface area contributed by atoms with E-state index in [4.69, 9.17) is 9.47 Å². The van der Waals surface area contributed by atoms with E-state index in [-0.39, 0.29) is 0 Å². The van der Waals surface area contributed by atoms with Crippen LogP contribution in [0.5, 0.6) is 0 Å². The van der Waals surface area contributed by atoms with E-state index in [1.165, 1.54) is 29.3 Å². The van der Waals surface area contributed by atoms with Gasteiger partial charge in [0.2, 0.25) is 0 Å². The number of rotatable bonds is 8. The Morgan fingerprint density at radius 3 is 1.56 bits per heavy atom. The van der Waals surface area contributed by atoms with Crippen molar-refractivity contribution in [3.63, 3.8) is 0 Å². The van der Waals surface area contributed by atoms with E-state index in [9.17, 15) is 4.79 Å². The molecular formula is C30H28O3P+. The lowest BCUT2D eigenvalue weighted by atomic mass is 10.0. The van der Waals surface area contributed by atoms with Gasteiger partial charge in [0, 0.05) is 0 Å². The van der Waals surface area contributed by atoms with E-state index < -0.39 is 13.2 Å². The SMILES string of the molecule is COC=C(C(=O)OC)c1ccccc1C[P+](c1ccccc1)(c1ccccc1)c1ccccc1. The fourth-order valence-corrected chi connectivity index (χ4v) is 8.67. The molecule has 0 bridgehead atoms. The first-order valence-electron chi connectivity index (χ1n) is 11.1. The lowest BCUT2D eigenvalue weighted by molar-refractivity contribution is -0.133. The zero-order valence-electron chi connectivity index (χ0n) is 19.4. The van der Waals surface area contributed by atoms with Crippen LogP contribution >= 0.6 is 7.26 Å². The van der Waals surface area contributed by atoms with E-state index in [0.29, 0.717) is 5.57 Å². The minimum atomic E-state index is -2.12. The van der Waals surface area contributed by atoms with E-state index in [1.807, 2.05) is 18.2 Å². The summed E-state index contributed by atoms with van der Waals surface area (Å²) >= 11 is 0. The monoisotopic (exact) mass is 467 g/mol. The quantitative estimate of drug-likeness (QED) is 0.152. The second-order valence-electron chi connectivity index (χ2n) is 7.89. The Bertz CT molecular complexity index is 1160. The second-order valence-corrected chi connectivity index (χ2v) is 11.4. The van der Waals surface area contributed by atoms with E-state index >= 15 is 0 Å². The highest BCUT2D eigenvalue weighted by molar-refractivity contribution is 7.95. The first kappa shape index (κ1) is 23.5. The van der Waals surface area contributed by atoms with Crippen LogP contribution in [-0.2, 0) is 20.4 Å². The summed E-state index contributed by atoms with van der Waals surface area (Å²) in [7, 11) is 0.815. The third-order valence-electron chi connectivity index (χ3n) is 5.95. The van der Waals surface area contributed by atoms with Gasteiger partial charge in [-0.25, -0.2) is 4.79 Å². The summed E-state index contributed by atoms with van der Waals surface area (Å²) in [6.45, 7) is 0.